The van der Waals surface area contributed by atoms with Gasteiger partial charge < -0.3 is 4.74 Å². The maximum Gasteiger partial charge on any atom is 0.423 e. The monoisotopic (exact) mass is 271 g/mol. The van der Waals surface area contributed by atoms with E-state index >= 15 is 0 Å². The van der Waals surface area contributed by atoms with Crippen molar-refractivity contribution in [1.82, 2.24) is 4.90 Å². The summed E-state index contributed by atoms with van der Waals surface area (Å²) in [5, 5.41) is 0. The molecule has 1 heterocycles. The number of benzene rings is 1. The quantitative estimate of drug-likeness (QED) is 0.802. The molecule has 0 bridgehead atoms. The average molecular weight is 271 g/mol. The molecule has 20 heavy (non-hydrogen) atoms. The molecule has 0 radical (unpaired) electrons. The van der Waals surface area contributed by atoms with Crippen LogP contribution in [0.5, 0.6) is 5.75 Å². The highest BCUT2D eigenvalue weighted by Gasteiger charge is 2.15. The Hall–Kier alpha value is -2.03. The van der Waals surface area contributed by atoms with Crippen LogP contribution in [0.2, 0.25) is 0 Å². The topological polar surface area (TPSA) is 29.5 Å². The molecule has 0 aliphatic carbocycles. The van der Waals surface area contributed by atoms with Crippen LogP contribution >= 0.6 is 0 Å². The highest BCUT2D eigenvalue weighted by molar-refractivity contribution is 5.73. The molecule has 0 unspecified atom stereocenters. The average Bonchev–Trinajstić information content (AvgIpc) is 2.46. The minimum atomic E-state index is -0.383. The number of para-hydroxylation sites is 1. The SMILES string of the molecule is CC(C)CCC1C=CN(C(=O)Oc2ccccc2)C=C1. The lowest BCUT2D eigenvalue weighted by molar-refractivity contribution is 0.181. The summed E-state index contributed by atoms with van der Waals surface area (Å²) in [6, 6.07) is 9.09. The molecule has 3 nitrogen and oxygen atoms in total. The third kappa shape index (κ3) is 4.26. The number of nitrogens with zero attached hydrogens (tertiary/aromatic N) is 1. The molecule has 3 heteroatoms. The Balaban J connectivity index is 1.85. The van der Waals surface area contributed by atoms with Crippen LogP contribution in [-0.4, -0.2) is 11.0 Å². The standard InChI is InChI=1S/C17H21NO2/c1-14(2)8-9-15-10-12-18(13-11-15)17(19)20-16-6-4-3-5-7-16/h3-7,10-15H,8-9H2,1-2H3. The fraction of sp³-hybridized carbons (Fsp3) is 0.353. The first-order valence-electron chi connectivity index (χ1n) is 7.07. The molecule has 2 rings (SSSR count). The Labute approximate surface area is 120 Å². The Bertz CT molecular complexity index is 477. The van der Waals surface area contributed by atoms with Crippen molar-refractivity contribution in [3.05, 3.63) is 54.9 Å². The summed E-state index contributed by atoms with van der Waals surface area (Å²) in [7, 11) is 0. The molecule has 0 aromatic heterocycles. The number of hydrogen-bond donors (Lipinski definition) is 0. The molecule has 0 spiro atoms. The largest absolute Gasteiger partial charge is 0.423 e. The third-order valence-corrected chi connectivity index (χ3v) is 3.22. The van der Waals surface area contributed by atoms with Crippen molar-refractivity contribution in [2.24, 2.45) is 11.8 Å². The summed E-state index contributed by atoms with van der Waals surface area (Å²) in [5.41, 5.74) is 0. The van der Waals surface area contributed by atoms with Crippen molar-refractivity contribution in [3.8, 4) is 5.75 Å². The molecular weight excluding hydrogens is 250 g/mol. The maximum atomic E-state index is 11.9. The molecule has 0 N–H and O–H groups in total. The van der Waals surface area contributed by atoms with E-state index in [1.165, 1.54) is 11.3 Å². The van der Waals surface area contributed by atoms with Gasteiger partial charge in [0.25, 0.3) is 0 Å². The summed E-state index contributed by atoms with van der Waals surface area (Å²) < 4.78 is 5.27. The lowest BCUT2D eigenvalue weighted by atomic mass is 9.97. The second-order valence-corrected chi connectivity index (χ2v) is 5.41. The highest BCUT2D eigenvalue weighted by atomic mass is 16.6. The zero-order chi connectivity index (χ0) is 14.4. The zero-order valence-corrected chi connectivity index (χ0v) is 12.0. The van der Waals surface area contributed by atoms with Crippen LogP contribution in [0, 0.1) is 11.8 Å². The van der Waals surface area contributed by atoms with Crippen molar-refractivity contribution in [1.29, 1.82) is 0 Å². The van der Waals surface area contributed by atoms with E-state index in [-0.39, 0.29) is 6.09 Å². The summed E-state index contributed by atoms with van der Waals surface area (Å²) in [4.78, 5) is 13.4. The molecule has 0 atom stereocenters. The van der Waals surface area contributed by atoms with Crippen LogP contribution in [0.4, 0.5) is 4.79 Å². The van der Waals surface area contributed by atoms with Crippen LogP contribution in [0.1, 0.15) is 26.7 Å². The van der Waals surface area contributed by atoms with Gasteiger partial charge >= 0.3 is 6.09 Å². The lowest BCUT2D eigenvalue weighted by Crippen LogP contribution is -2.25. The number of hydrogen-bond acceptors (Lipinski definition) is 2. The summed E-state index contributed by atoms with van der Waals surface area (Å²) in [5.74, 6) is 1.68. The summed E-state index contributed by atoms with van der Waals surface area (Å²) in [6.07, 6.45) is 9.60. The Morgan fingerprint density at radius 3 is 2.45 bits per heavy atom. The van der Waals surface area contributed by atoms with Crippen molar-refractivity contribution in [3.63, 3.8) is 0 Å². The second kappa shape index (κ2) is 6.94. The van der Waals surface area contributed by atoms with E-state index in [9.17, 15) is 4.79 Å². The van der Waals surface area contributed by atoms with Gasteiger partial charge in [0.2, 0.25) is 0 Å². The number of amides is 1. The molecule has 0 saturated heterocycles. The van der Waals surface area contributed by atoms with Crippen LogP contribution in [0.3, 0.4) is 0 Å². The zero-order valence-electron chi connectivity index (χ0n) is 12.0. The molecule has 1 amide bonds. The first-order chi connectivity index (χ1) is 9.65. The van der Waals surface area contributed by atoms with E-state index in [4.69, 9.17) is 4.74 Å². The van der Waals surface area contributed by atoms with Crippen LogP contribution in [0.15, 0.2) is 54.9 Å². The minimum absolute atomic E-state index is 0.383. The molecule has 0 saturated carbocycles. The van der Waals surface area contributed by atoms with E-state index in [0.717, 1.165) is 6.42 Å². The van der Waals surface area contributed by atoms with Gasteiger partial charge in [0.05, 0.1) is 0 Å². The van der Waals surface area contributed by atoms with E-state index in [2.05, 4.69) is 26.0 Å². The van der Waals surface area contributed by atoms with Gasteiger partial charge in [-0.2, -0.15) is 0 Å². The highest BCUT2D eigenvalue weighted by Crippen LogP contribution is 2.19. The smallest absolute Gasteiger partial charge is 0.410 e. The van der Waals surface area contributed by atoms with Crippen LogP contribution in [0.25, 0.3) is 0 Å². The van der Waals surface area contributed by atoms with Crippen molar-refractivity contribution >= 4 is 6.09 Å². The van der Waals surface area contributed by atoms with Gasteiger partial charge in [-0.25, -0.2) is 4.79 Å². The fourth-order valence-corrected chi connectivity index (χ4v) is 2.00. The molecule has 1 aliphatic rings. The van der Waals surface area contributed by atoms with Crippen molar-refractivity contribution in [2.75, 3.05) is 0 Å². The van der Waals surface area contributed by atoms with Gasteiger partial charge in [0.15, 0.2) is 0 Å². The first kappa shape index (κ1) is 14.4. The number of carbonyl (C=O) groups excluding carboxylic acids is 1. The van der Waals surface area contributed by atoms with E-state index < -0.39 is 0 Å². The molecular formula is C17H21NO2. The Kier molecular flexibility index (Phi) is 4.99. The number of allylic oxidation sites excluding steroid dienone is 2. The van der Waals surface area contributed by atoms with Gasteiger partial charge in [0.1, 0.15) is 5.75 Å². The molecule has 1 aromatic rings. The summed E-state index contributed by atoms with van der Waals surface area (Å²) >= 11 is 0. The van der Waals surface area contributed by atoms with Gasteiger partial charge in [0, 0.05) is 12.4 Å². The molecule has 1 aromatic carbocycles. The van der Waals surface area contributed by atoms with Crippen molar-refractivity contribution < 1.29 is 9.53 Å². The number of ether oxygens (including phenoxy) is 1. The molecule has 106 valence electrons. The van der Waals surface area contributed by atoms with E-state index in [1.54, 1.807) is 24.5 Å². The van der Waals surface area contributed by atoms with E-state index in [0.29, 0.717) is 17.6 Å². The summed E-state index contributed by atoms with van der Waals surface area (Å²) in [6.45, 7) is 4.44. The van der Waals surface area contributed by atoms with Gasteiger partial charge in [-0.15, -0.1) is 0 Å². The lowest BCUT2D eigenvalue weighted by Gasteiger charge is -2.20. The number of carbonyl (C=O) groups is 1. The first-order valence-corrected chi connectivity index (χ1v) is 7.07. The molecule has 1 aliphatic heterocycles. The van der Waals surface area contributed by atoms with Gasteiger partial charge in [-0.3, -0.25) is 4.90 Å². The Morgan fingerprint density at radius 2 is 1.85 bits per heavy atom. The van der Waals surface area contributed by atoms with Gasteiger partial charge in [-0.05, 0) is 30.4 Å². The molecule has 0 fully saturated rings. The van der Waals surface area contributed by atoms with Gasteiger partial charge in [-0.1, -0.05) is 50.6 Å². The van der Waals surface area contributed by atoms with Crippen LogP contribution in [-0.2, 0) is 0 Å². The second-order valence-electron chi connectivity index (χ2n) is 5.41. The Morgan fingerprint density at radius 1 is 1.20 bits per heavy atom. The normalized spacial score (nSPS) is 14.8. The predicted molar refractivity (Wildman–Crippen MR) is 80.1 cm³/mol. The van der Waals surface area contributed by atoms with E-state index in [1.807, 2.05) is 18.2 Å². The predicted octanol–water partition coefficient (Wildman–Crippen LogP) is 4.58. The third-order valence-electron chi connectivity index (χ3n) is 3.22. The van der Waals surface area contributed by atoms with Crippen LogP contribution < -0.4 is 4.74 Å². The minimum Gasteiger partial charge on any atom is -0.410 e. The number of rotatable bonds is 4. The maximum absolute atomic E-state index is 11.9. The fourth-order valence-electron chi connectivity index (χ4n) is 2.00. The van der Waals surface area contributed by atoms with Crippen molar-refractivity contribution in [2.45, 2.75) is 26.7 Å².